The van der Waals surface area contributed by atoms with Crippen LogP contribution >= 0.6 is 0 Å². The van der Waals surface area contributed by atoms with Gasteiger partial charge in [-0.1, -0.05) is 12.8 Å². The summed E-state index contributed by atoms with van der Waals surface area (Å²) in [5.74, 6) is 3.15. The number of amides is 2. The number of nitrogens with two attached hydrogens (primary N) is 1. The molecule has 86 valence electrons. The first-order valence-corrected chi connectivity index (χ1v) is 5.43. The van der Waals surface area contributed by atoms with Crippen LogP contribution in [0.2, 0.25) is 0 Å². The van der Waals surface area contributed by atoms with E-state index in [9.17, 15) is 4.79 Å². The van der Waals surface area contributed by atoms with Crippen LogP contribution in [-0.2, 0) is 0 Å². The van der Waals surface area contributed by atoms with E-state index in [4.69, 9.17) is 12.2 Å². The Labute approximate surface area is 95.1 Å². The van der Waals surface area contributed by atoms with Crippen LogP contribution in [-0.4, -0.2) is 41.9 Å². The zero-order valence-corrected chi connectivity index (χ0v) is 9.36. The minimum Gasteiger partial charge on any atom is -0.385 e. The number of urea groups is 1. The molecule has 2 aliphatic rings. The average Bonchev–Trinajstić information content (AvgIpc) is 2.48. The number of nitrogens with zero attached hydrogens (tertiary/aromatic N) is 2. The van der Waals surface area contributed by atoms with Gasteiger partial charge in [-0.05, 0) is 18.9 Å². The molecule has 0 aromatic rings. The lowest BCUT2D eigenvalue weighted by Gasteiger charge is -2.45. The summed E-state index contributed by atoms with van der Waals surface area (Å²) >= 11 is 0. The normalized spacial score (nSPS) is 34.0. The Balaban J connectivity index is 2.38. The van der Waals surface area contributed by atoms with Gasteiger partial charge in [0, 0.05) is 6.54 Å². The van der Waals surface area contributed by atoms with Gasteiger partial charge in [0.25, 0.3) is 0 Å². The molecule has 0 bridgehead atoms. The van der Waals surface area contributed by atoms with Gasteiger partial charge in [0.05, 0.1) is 6.54 Å². The third-order valence-electron chi connectivity index (χ3n) is 3.57. The highest BCUT2D eigenvalue weighted by molar-refractivity contribution is 6.06. The highest BCUT2D eigenvalue weighted by Gasteiger charge is 2.52. The summed E-state index contributed by atoms with van der Waals surface area (Å²) in [6.45, 7) is 3.99. The molecule has 0 saturated carbocycles. The molecule has 16 heavy (non-hydrogen) atoms. The van der Waals surface area contributed by atoms with Crippen LogP contribution in [0.5, 0.6) is 0 Å². The van der Waals surface area contributed by atoms with Crippen LogP contribution in [0.4, 0.5) is 4.79 Å². The van der Waals surface area contributed by atoms with E-state index in [2.05, 4.69) is 23.2 Å². The van der Waals surface area contributed by atoms with Crippen molar-refractivity contribution < 1.29 is 4.79 Å². The Morgan fingerprint density at radius 3 is 3.19 bits per heavy atom. The van der Waals surface area contributed by atoms with E-state index in [0.717, 1.165) is 19.5 Å². The molecule has 0 aliphatic carbocycles. The molecule has 2 atom stereocenters. The van der Waals surface area contributed by atoms with Crippen LogP contribution in [0.1, 0.15) is 13.3 Å². The Hall–Kier alpha value is -1.54. The van der Waals surface area contributed by atoms with E-state index < -0.39 is 5.54 Å². The minimum absolute atomic E-state index is 0.227. The SMILES string of the molecule is C#CCN1C(=O)N=C(N)C12CCNCC2C. The molecule has 0 aromatic carbocycles. The van der Waals surface area contributed by atoms with Crippen LogP contribution in [0, 0.1) is 18.3 Å². The smallest absolute Gasteiger partial charge is 0.346 e. The molecule has 5 heteroatoms. The quantitative estimate of drug-likeness (QED) is 0.600. The number of piperidine rings is 1. The molecule has 5 nitrogen and oxygen atoms in total. The molecule has 1 spiro atoms. The van der Waals surface area contributed by atoms with Crippen LogP contribution < -0.4 is 11.1 Å². The van der Waals surface area contributed by atoms with Crippen molar-refractivity contribution in [2.75, 3.05) is 19.6 Å². The summed E-state index contributed by atoms with van der Waals surface area (Å²) < 4.78 is 0. The Kier molecular flexibility index (Phi) is 2.60. The molecule has 2 rings (SSSR count). The molecule has 3 N–H and O–H groups in total. The van der Waals surface area contributed by atoms with Crippen molar-refractivity contribution in [1.82, 2.24) is 10.2 Å². The number of terminal acetylenes is 1. The summed E-state index contributed by atoms with van der Waals surface area (Å²) in [5.41, 5.74) is 5.47. The van der Waals surface area contributed by atoms with E-state index >= 15 is 0 Å². The fourth-order valence-electron chi connectivity index (χ4n) is 2.66. The Bertz CT molecular complexity index is 384. The third-order valence-corrected chi connectivity index (χ3v) is 3.57. The fourth-order valence-corrected chi connectivity index (χ4v) is 2.66. The largest absolute Gasteiger partial charge is 0.385 e. The lowest BCUT2D eigenvalue weighted by molar-refractivity contribution is 0.121. The molecular formula is C11H16N4O. The number of carbonyl (C=O) groups excluding carboxylic acids is 1. The zero-order valence-electron chi connectivity index (χ0n) is 9.36. The fraction of sp³-hybridized carbons (Fsp3) is 0.636. The minimum atomic E-state index is -0.464. The average molecular weight is 220 g/mol. The molecular weight excluding hydrogens is 204 g/mol. The summed E-state index contributed by atoms with van der Waals surface area (Å²) in [4.78, 5) is 17.2. The van der Waals surface area contributed by atoms with Crippen LogP contribution in [0.3, 0.4) is 0 Å². The van der Waals surface area contributed by atoms with Gasteiger partial charge in [0.15, 0.2) is 0 Å². The Morgan fingerprint density at radius 2 is 2.56 bits per heavy atom. The molecule has 0 aromatic heterocycles. The maximum Gasteiger partial charge on any atom is 0.346 e. The topological polar surface area (TPSA) is 70.7 Å². The first-order chi connectivity index (χ1) is 7.63. The van der Waals surface area contributed by atoms with Crippen molar-refractivity contribution in [3.8, 4) is 12.3 Å². The third kappa shape index (κ3) is 1.30. The maximum atomic E-state index is 11.7. The van der Waals surface area contributed by atoms with Gasteiger partial charge in [-0.15, -0.1) is 6.42 Å². The van der Waals surface area contributed by atoms with Crippen molar-refractivity contribution in [3.63, 3.8) is 0 Å². The van der Waals surface area contributed by atoms with Crippen LogP contribution in [0.25, 0.3) is 0 Å². The molecule has 2 aliphatic heterocycles. The highest BCUT2D eigenvalue weighted by Crippen LogP contribution is 2.35. The van der Waals surface area contributed by atoms with Crippen molar-refractivity contribution in [3.05, 3.63) is 0 Å². The van der Waals surface area contributed by atoms with E-state index in [0.29, 0.717) is 5.84 Å². The lowest BCUT2D eigenvalue weighted by atomic mass is 9.77. The highest BCUT2D eigenvalue weighted by atomic mass is 16.2. The van der Waals surface area contributed by atoms with E-state index in [1.165, 1.54) is 0 Å². The summed E-state index contributed by atoms with van der Waals surface area (Å²) in [6, 6.07) is -0.302. The predicted molar refractivity (Wildman–Crippen MR) is 61.9 cm³/mol. The van der Waals surface area contributed by atoms with Gasteiger partial charge in [-0.3, -0.25) is 4.90 Å². The second-order valence-corrected chi connectivity index (χ2v) is 4.35. The summed E-state index contributed by atoms with van der Waals surface area (Å²) in [5, 5.41) is 3.28. The van der Waals surface area contributed by atoms with E-state index in [1.807, 2.05) is 0 Å². The van der Waals surface area contributed by atoms with Crippen molar-refractivity contribution in [2.24, 2.45) is 16.6 Å². The molecule has 1 saturated heterocycles. The van der Waals surface area contributed by atoms with Gasteiger partial charge >= 0.3 is 6.03 Å². The van der Waals surface area contributed by atoms with Gasteiger partial charge in [-0.25, -0.2) is 4.79 Å². The number of nitrogens with one attached hydrogen (secondary N) is 1. The predicted octanol–water partition coefficient (Wildman–Crippen LogP) is -0.219. The number of amidine groups is 1. The molecule has 2 unspecified atom stereocenters. The summed E-state index contributed by atoms with van der Waals surface area (Å²) in [6.07, 6.45) is 6.07. The number of carbonyl (C=O) groups is 1. The molecule has 1 fully saturated rings. The summed E-state index contributed by atoms with van der Waals surface area (Å²) in [7, 11) is 0. The molecule has 2 amide bonds. The van der Waals surface area contributed by atoms with Crippen molar-refractivity contribution >= 4 is 11.9 Å². The standard InChI is InChI=1S/C11H16N4O/c1-3-6-15-10(16)14-9(12)11(15)4-5-13-7-8(11)2/h1,8,13H,4-7H2,2H3,(H2,12,14,16). The van der Waals surface area contributed by atoms with Crippen molar-refractivity contribution in [1.29, 1.82) is 0 Å². The lowest BCUT2D eigenvalue weighted by Crippen LogP contribution is -2.63. The van der Waals surface area contributed by atoms with Gasteiger partial charge < -0.3 is 11.1 Å². The molecule has 0 radical (unpaired) electrons. The first-order valence-electron chi connectivity index (χ1n) is 5.43. The second-order valence-electron chi connectivity index (χ2n) is 4.35. The number of aliphatic imine (C=N–C) groups is 1. The zero-order chi connectivity index (χ0) is 11.8. The second kappa shape index (κ2) is 3.80. The Morgan fingerprint density at radius 1 is 1.81 bits per heavy atom. The van der Waals surface area contributed by atoms with Gasteiger partial charge in [0.2, 0.25) is 0 Å². The van der Waals surface area contributed by atoms with E-state index in [-0.39, 0.29) is 18.5 Å². The van der Waals surface area contributed by atoms with Gasteiger partial charge in [0.1, 0.15) is 11.4 Å². The number of hydrogen-bond donors (Lipinski definition) is 2. The van der Waals surface area contributed by atoms with Crippen LogP contribution in [0.15, 0.2) is 4.99 Å². The van der Waals surface area contributed by atoms with Gasteiger partial charge in [-0.2, -0.15) is 4.99 Å². The molecule has 2 heterocycles. The monoisotopic (exact) mass is 220 g/mol. The van der Waals surface area contributed by atoms with E-state index in [1.54, 1.807) is 4.90 Å². The first kappa shape index (κ1) is 11.0. The maximum absolute atomic E-state index is 11.7. The van der Waals surface area contributed by atoms with Crippen molar-refractivity contribution in [2.45, 2.75) is 18.9 Å². The number of rotatable bonds is 1. The number of hydrogen-bond acceptors (Lipinski definition) is 3.